The average Bonchev–Trinajstić information content (AvgIpc) is 2.57. The van der Waals surface area contributed by atoms with E-state index in [2.05, 4.69) is 26.1 Å². The predicted molar refractivity (Wildman–Crippen MR) is 106 cm³/mol. The van der Waals surface area contributed by atoms with Crippen molar-refractivity contribution < 1.29 is 17.2 Å². The zero-order chi connectivity index (χ0) is 17.0. The number of amides is 1. The molecule has 144 valence electrons. The van der Waals surface area contributed by atoms with Crippen LogP contribution >= 0.6 is 7.26 Å². The quantitative estimate of drug-likeness (QED) is 0.520. The van der Waals surface area contributed by atoms with Gasteiger partial charge in [0.05, 0.1) is 18.5 Å². The minimum atomic E-state index is -1.08. The highest BCUT2D eigenvalue weighted by Gasteiger charge is 2.38. The van der Waals surface area contributed by atoms with Crippen LogP contribution in [0.15, 0.2) is 0 Å². The molecular weight excluding hydrogens is 337 g/mol. The molecule has 0 saturated heterocycles. The highest BCUT2D eigenvalue weighted by molar-refractivity contribution is 7.76. The Morgan fingerprint density at radius 1 is 0.875 bits per heavy atom. The monoisotopic (exact) mass is 377 g/mol. The number of unbranched alkanes of at least 4 members (excludes halogenated alkanes) is 3. The number of hydrogen-bond donors (Lipinski definition) is 1. The summed E-state index contributed by atoms with van der Waals surface area (Å²) in [7, 11) is -1.08. The van der Waals surface area contributed by atoms with Crippen LogP contribution < -0.4 is 17.7 Å². The van der Waals surface area contributed by atoms with E-state index in [1.807, 2.05) is 0 Å². The summed E-state index contributed by atoms with van der Waals surface area (Å²) >= 11 is 0. The van der Waals surface area contributed by atoms with Crippen LogP contribution in [0, 0.1) is 0 Å². The van der Waals surface area contributed by atoms with E-state index < -0.39 is 7.26 Å². The normalized spacial score (nSPS) is 15.8. The zero-order valence-corrected chi connectivity index (χ0v) is 18.1. The lowest BCUT2D eigenvalue weighted by molar-refractivity contribution is -0.119. The molecular formula is C20H41ClNOP. The lowest BCUT2D eigenvalue weighted by Gasteiger charge is -2.29. The second-order valence-electron chi connectivity index (χ2n) is 7.63. The molecule has 0 radical (unpaired) electrons. The molecule has 0 aliphatic heterocycles. The van der Waals surface area contributed by atoms with Gasteiger partial charge in [-0.3, -0.25) is 4.79 Å². The minimum Gasteiger partial charge on any atom is -1.00 e. The van der Waals surface area contributed by atoms with Crippen LogP contribution in [0.25, 0.3) is 0 Å². The van der Waals surface area contributed by atoms with E-state index >= 15 is 0 Å². The van der Waals surface area contributed by atoms with E-state index in [-0.39, 0.29) is 12.4 Å². The van der Waals surface area contributed by atoms with Gasteiger partial charge in [-0.1, -0.05) is 59.3 Å². The van der Waals surface area contributed by atoms with Crippen LogP contribution in [0.4, 0.5) is 0 Å². The summed E-state index contributed by atoms with van der Waals surface area (Å²) in [5.41, 5.74) is 0. The maximum atomic E-state index is 12.7. The molecule has 1 fully saturated rings. The van der Waals surface area contributed by atoms with Crippen molar-refractivity contribution in [2.24, 2.45) is 0 Å². The van der Waals surface area contributed by atoms with Gasteiger partial charge in [0.25, 0.3) is 5.91 Å². The third kappa shape index (κ3) is 9.62. The van der Waals surface area contributed by atoms with Gasteiger partial charge in [-0.15, -0.1) is 0 Å². The van der Waals surface area contributed by atoms with Crippen molar-refractivity contribution in [3.8, 4) is 0 Å². The van der Waals surface area contributed by atoms with Crippen molar-refractivity contribution >= 4 is 13.2 Å². The number of carbonyl (C=O) groups excluding carboxylic acids is 1. The van der Waals surface area contributed by atoms with Crippen molar-refractivity contribution in [1.82, 2.24) is 5.32 Å². The Hall–Kier alpha value is 0.190. The van der Waals surface area contributed by atoms with Gasteiger partial charge in [0.15, 0.2) is 0 Å². The Balaban J connectivity index is 0.00000529. The Bertz CT molecular complexity index is 297. The predicted octanol–water partition coefficient (Wildman–Crippen LogP) is 2.86. The van der Waals surface area contributed by atoms with Gasteiger partial charge >= 0.3 is 0 Å². The first-order valence-electron chi connectivity index (χ1n) is 10.3. The summed E-state index contributed by atoms with van der Waals surface area (Å²) in [4.78, 5) is 12.7. The second-order valence-corrected chi connectivity index (χ2v) is 12.0. The maximum Gasteiger partial charge on any atom is 0.257 e. The van der Waals surface area contributed by atoms with Gasteiger partial charge in [-0.25, -0.2) is 0 Å². The molecule has 1 N–H and O–H groups in total. The topological polar surface area (TPSA) is 29.1 Å². The maximum absolute atomic E-state index is 12.7. The van der Waals surface area contributed by atoms with E-state index in [9.17, 15) is 4.79 Å². The standard InChI is InChI=1S/C20H40NOP.ClH/c1-4-7-15-23(16-8-5-2,17-9-6-3)18-20(22)21-19-13-11-10-12-14-19;/h19H,4-18H2,1-3H3;1H. The fraction of sp³-hybridized carbons (Fsp3) is 0.950. The third-order valence-electron chi connectivity index (χ3n) is 5.41. The summed E-state index contributed by atoms with van der Waals surface area (Å²) < 4.78 is 0. The van der Waals surface area contributed by atoms with Gasteiger partial charge in [-0.05, 0) is 32.1 Å². The molecule has 0 heterocycles. The molecule has 24 heavy (non-hydrogen) atoms. The third-order valence-corrected chi connectivity index (χ3v) is 10.2. The Kier molecular flexibility index (Phi) is 14.5. The van der Waals surface area contributed by atoms with Gasteiger partial charge in [0, 0.05) is 13.3 Å². The van der Waals surface area contributed by atoms with Crippen molar-refractivity contribution in [2.45, 2.75) is 97.4 Å². The molecule has 1 aliphatic carbocycles. The highest BCUT2D eigenvalue weighted by atomic mass is 35.5. The van der Waals surface area contributed by atoms with Crippen molar-refractivity contribution in [2.75, 3.05) is 24.6 Å². The SMILES string of the molecule is CCCC[P+](CCCC)(CCCC)CC(=O)NC1CCCCC1.[Cl-]. The Labute approximate surface area is 158 Å². The summed E-state index contributed by atoms with van der Waals surface area (Å²) in [5, 5.41) is 3.39. The fourth-order valence-corrected chi connectivity index (χ4v) is 8.68. The molecule has 1 saturated carbocycles. The summed E-state index contributed by atoms with van der Waals surface area (Å²) in [6.45, 7) is 6.86. The molecule has 0 aromatic carbocycles. The minimum absolute atomic E-state index is 0. The van der Waals surface area contributed by atoms with Crippen LogP contribution in [-0.4, -0.2) is 36.6 Å². The summed E-state index contributed by atoms with van der Waals surface area (Å²) in [5.74, 6) is 0.383. The number of nitrogens with one attached hydrogen (secondary N) is 1. The first-order chi connectivity index (χ1) is 11.2. The zero-order valence-electron chi connectivity index (χ0n) is 16.4. The Morgan fingerprint density at radius 2 is 1.33 bits per heavy atom. The highest BCUT2D eigenvalue weighted by Crippen LogP contribution is 2.60. The molecule has 0 bridgehead atoms. The molecule has 0 spiro atoms. The molecule has 1 aliphatic rings. The number of halogens is 1. The van der Waals surface area contributed by atoms with Crippen LogP contribution in [0.5, 0.6) is 0 Å². The molecule has 1 rings (SSSR count). The first kappa shape index (κ1) is 24.2. The van der Waals surface area contributed by atoms with E-state index in [4.69, 9.17) is 0 Å². The molecule has 0 aromatic heterocycles. The molecule has 2 nitrogen and oxygen atoms in total. The second kappa shape index (κ2) is 14.4. The van der Waals surface area contributed by atoms with Gasteiger partial charge < -0.3 is 17.7 Å². The lowest BCUT2D eigenvalue weighted by Crippen LogP contribution is -3.00. The molecule has 4 heteroatoms. The van der Waals surface area contributed by atoms with Crippen LogP contribution in [-0.2, 0) is 4.79 Å². The fourth-order valence-electron chi connectivity index (χ4n) is 3.88. The van der Waals surface area contributed by atoms with Crippen molar-refractivity contribution in [3.63, 3.8) is 0 Å². The van der Waals surface area contributed by atoms with Crippen LogP contribution in [0.1, 0.15) is 91.4 Å². The van der Waals surface area contributed by atoms with E-state index in [0.29, 0.717) is 11.9 Å². The van der Waals surface area contributed by atoms with Crippen molar-refractivity contribution in [3.05, 3.63) is 0 Å². The largest absolute Gasteiger partial charge is 1.00 e. The first-order valence-corrected chi connectivity index (χ1v) is 12.8. The number of carbonyl (C=O) groups is 1. The van der Waals surface area contributed by atoms with Gasteiger partial charge in [-0.2, -0.15) is 0 Å². The van der Waals surface area contributed by atoms with Crippen LogP contribution in [0.3, 0.4) is 0 Å². The summed E-state index contributed by atoms with van der Waals surface area (Å²) in [6.07, 6.45) is 19.0. The van der Waals surface area contributed by atoms with Gasteiger partial charge in [0.1, 0.15) is 6.16 Å². The molecule has 0 atom stereocenters. The average molecular weight is 378 g/mol. The molecule has 1 amide bonds. The van der Waals surface area contributed by atoms with E-state index in [1.54, 1.807) is 0 Å². The van der Waals surface area contributed by atoms with E-state index in [1.165, 1.54) is 89.1 Å². The number of hydrogen-bond acceptors (Lipinski definition) is 1. The lowest BCUT2D eigenvalue weighted by atomic mass is 9.95. The molecule has 0 unspecified atom stereocenters. The smallest absolute Gasteiger partial charge is 0.257 e. The molecule has 0 aromatic rings. The van der Waals surface area contributed by atoms with Crippen molar-refractivity contribution in [1.29, 1.82) is 0 Å². The van der Waals surface area contributed by atoms with Gasteiger partial charge in [0.2, 0.25) is 0 Å². The number of rotatable bonds is 12. The summed E-state index contributed by atoms with van der Waals surface area (Å²) in [6, 6.07) is 0.474. The van der Waals surface area contributed by atoms with E-state index in [0.717, 1.165) is 6.16 Å². The Morgan fingerprint density at radius 3 is 1.75 bits per heavy atom. The van der Waals surface area contributed by atoms with Crippen LogP contribution in [0.2, 0.25) is 0 Å².